The molecule has 1 atom stereocenters. The van der Waals surface area contributed by atoms with Gasteiger partial charge in [-0.05, 0) is 44.2 Å². The Labute approximate surface area is 238 Å². The number of benzene rings is 1. The van der Waals surface area contributed by atoms with Crippen LogP contribution in [0, 0.1) is 0 Å². The summed E-state index contributed by atoms with van der Waals surface area (Å²) in [7, 11) is 0. The van der Waals surface area contributed by atoms with E-state index < -0.39 is 17.9 Å². The third-order valence-electron chi connectivity index (χ3n) is 7.15. The maximum absolute atomic E-state index is 14.0. The first-order chi connectivity index (χ1) is 19.5. The van der Waals surface area contributed by atoms with Crippen molar-refractivity contribution in [3.8, 4) is 11.3 Å². The molecule has 0 aliphatic rings. The third kappa shape index (κ3) is 6.75. The number of Topliss-reactive ketones (excluding diaryl/α,β-unsaturated/α-hetero) is 1. The topological polar surface area (TPSA) is 74.3 Å². The van der Waals surface area contributed by atoms with E-state index >= 15 is 0 Å². The summed E-state index contributed by atoms with van der Waals surface area (Å²) in [6.45, 7) is 12.7. The van der Waals surface area contributed by atoms with Crippen LogP contribution < -0.4 is 0 Å². The first-order valence-electron chi connectivity index (χ1n) is 13.9. The zero-order chi connectivity index (χ0) is 29.7. The molecule has 0 aliphatic heterocycles. The number of ether oxygens (including phenoxy) is 1. The smallest absolute Gasteiger partial charge is 0.381 e. The molecule has 4 rings (SSSR count). The highest BCUT2D eigenvalue weighted by Crippen LogP contribution is 2.37. The first kappa shape index (κ1) is 30.2. The van der Waals surface area contributed by atoms with Crippen LogP contribution >= 0.6 is 0 Å². The molecule has 0 spiro atoms. The largest absolute Gasteiger partial charge is 0.435 e. The highest BCUT2D eigenvalue weighted by molar-refractivity contribution is 5.97. The number of aryl methyl sites for hydroxylation is 1. The molecule has 41 heavy (non-hydrogen) atoms. The standard InChI is InChI=1S/C31H36F3N5O2/c1-6-14-41-15-8-9-28(40)24-11-10-22(16-23(24)7-2)17-26-30-36-18-27(38(30)13-12-35-26)25-19-39(21(5)20(3)4)37-29(25)31(32,33)34/h10-13,16,18-19,21H,3,6-9,14-15,17H2,1-2,4-5H3. The Balaban J connectivity index is 1.62. The lowest BCUT2D eigenvalue weighted by Gasteiger charge is -2.11. The molecule has 3 heterocycles. The molecule has 218 valence electrons. The number of rotatable bonds is 13. The Morgan fingerprint density at radius 1 is 1.17 bits per heavy atom. The molecule has 7 nitrogen and oxygen atoms in total. The molecule has 4 aromatic rings. The number of fused-ring (bicyclic) bond motifs is 1. The van der Waals surface area contributed by atoms with Crippen molar-refractivity contribution in [2.24, 2.45) is 0 Å². The van der Waals surface area contributed by atoms with Gasteiger partial charge in [-0.3, -0.25) is 18.9 Å². The van der Waals surface area contributed by atoms with E-state index in [1.54, 1.807) is 30.6 Å². The van der Waals surface area contributed by atoms with E-state index in [1.807, 2.05) is 32.0 Å². The summed E-state index contributed by atoms with van der Waals surface area (Å²) in [6.07, 6.45) is 4.49. The van der Waals surface area contributed by atoms with Crippen molar-refractivity contribution in [1.29, 1.82) is 0 Å². The number of imidazole rings is 1. The molecule has 0 radical (unpaired) electrons. The van der Waals surface area contributed by atoms with Gasteiger partial charge < -0.3 is 4.74 Å². The normalized spacial score (nSPS) is 12.7. The summed E-state index contributed by atoms with van der Waals surface area (Å²) < 4.78 is 50.4. The number of hydrogen-bond acceptors (Lipinski definition) is 5. The van der Waals surface area contributed by atoms with Crippen molar-refractivity contribution in [3.05, 3.63) is 83.2 Å². The minimum Gasteiger partial charge on any atom is -0.381 e. The number of hydrogen-bond donors (Lipinski definition) is 0. The first-order valence-corrected chi connectivity index (χ1v) is 13.9. The Kier molecular flexibility index (Phi) is 9.42. The lowest BCUT2D eigenvalue weighted by atomic mass is 9.95. The van der Waals surface area contributed by atoms with Gasteiger partial charge >= 0.3 is 6.18 Å². The van der Waals surface area contributed by atoms with Crippen molar-refractivity contribution in [2.75, 3.05) is 13.2 Å². The zero-order valence-corrected chi connectivity index (χ0v) is 24.0. The molecule has 0 fully saturated rings. The lowest BCUT2D eigenvalue weighted by Crippen LogP contribution is -2.11. The fourth-order valence-electron chi connectivity index (χ4n) is 4.74. The van der Waals surface area contributed by atoms with Crippen LogP contribution in [0.5, 0.6) is 0 Å². The fourth-order valence-corrected chi connectivity index (χ4v) is 4.74. The van der Waals surface area contributed by atoms with Gasteiger partial charge in [0.1, 0.15) is 0 Å². The van der Waals surface area contributed by atoms with Gasteiger partial charge in [-0.25, -0.2) is 4.98 Å². The molecular formula is C31H36F3N5O2. The quantitative estimate of drug-likeness (QED) is 0.0964. The van der Waals surface area contributed by atoms with Crippen LogP contribution in [0.1, 0.15) is 85.9 Å². The monoisotopic (exact) mass is 567 g/mol. The molecule has 1 unspecified atom stereocenters. The number of alkyl halides is 3. The van der Waals surface area contributed by atoms with Gasteiger partial charge in [0.25, 0.3) is 0 Å². The van der Waals surface area contributed by atoms with Gasteiger partial charge in [-0.15, -0.1) is 0 Å². The van der Waals surface area contributed by atoms with E-state index in [1.165, 1.54) is 17.1 Å². The minimum absolute atomic E-state index is 0.0634. The van der Waals surface area contributed by atoms with E-state index in [-0.39, 0.29) is 17.0 Å². The molecule has 0 saturated heterocycles. The highest BCUT2D eigenvalue weighted by atomic mass is 19.4. The minimum atomic E-state index is -4.65. The van der Waals surface area contributed by atoms with Crippen LogP contribution in [-0.2, 0) is 23.8 Å². The predicted octanol–water partition coefficient (Wildman–Crippen LogP) is 7.29. The van der Waals surface area contributed by atoms with Gasteiger partial charge in [0.05, 0.1) is 29.2 Å². The average Bonchev–Trinajstić information content (AvgIpc) is 3.57. The number of halogens is 3. The number of allylic oxidation sites excluding steroid dienone is 1. The van der Waals surface area contributed by atoms with Crippen LogP contribution in [0.2, 0.25) is 0 Å². The van der Waals surface area contributed by atoms with Crippen LogP contribution in [-0.4, -0.2) is 43.1 Å². The van der Waals surface area contributed by atoms with E-state index in [2.05, 4.69) is 21.6 Å². The second-order valence-corrected chi connectivity index (χ2v) is 10.3. The van der Waals surface area contributed by atoms with Crippen LogP contribution in [0.4, 0.5) is 13.2 Å². The lowest BCUT2D eigenvalue weighted by molar-refractivity contribution is -0.141. The Morgan fingerprint density at radius 3 is 2.63 bits per heavy atom. The number of carbonyl (C=O) groups is 1. The summed E-state index contributed by atoms with van der Waals surface area (Å²) in [5.41, 5.74) is 3.60. The fraction of sp³-hybridized carbons (Fsp3) is 0.419. The van der Waals surface area contributed by atoms with Crippen molar-refractivity contribution in [1.82, 2.24) is 24.1 Å². The number of ketones is 1. The van der Waals surface area contributed by atoms with Crippen LogP contribution in [0.25, 0.3) is 16.9 Å². The van der Waals surface area contributed by atoms with Gasteiger partial charge in [-0.1, -0.05) is 44.2 Å². The Bertz CT molecular complexity index is 1540. The molecule has 0 N–H and O–H groups in total. The maximum atomic E-state index is 14.0. The summed E-state index contributed by atoms with van der Waals surface area (Å²) in [6, 6.07) is 5.35. The maximum Gasteiger partial charge on any atom is 0.435 e. The number of aromatic nitrogens is 5. The molecular weight excluding hydrogens is 531 g/mol. The zero-order valence-electron chi connectivity index (χ0n) is 24.0. The van der Waals surface area contributed by atoms with Gasteiger partial charge in [0.2, 0.25) is 0 Å². The van der Waals surface area contributed by atoms with E-state index in [9.17, 15) is 18.0 Å². The van der Waals surface area contributed by atoms with Gasteiger partial charge in [-0.2, -0.15) is 18.3 Å². The van der Waals surface area contributed by atoms with Gasteiger partial charge in [0.15, 0.2) is 17.1 Å². The van der Waals surface area contributed by atoms with Crippen LogP contribution in [0.15, 0.2) is 55.1 Å². The van der Waals surface area contributed by atoms with Crippen molar-refractivity contribution in [2.45, 2.75) is 72.0 Å². The summed E-state index contributed by atoms with van der Waals surface area (Å²) in [4.78, 5) is 21.8. The Hall–Kier alpha value is -3.79. The second-order valence-electron chi connectivity index (χ2n) is 10.3. The number of carbonyl (C=O) groups excluding carboxylic acids is 1. The SMILES string of the molecule is C=C(C)C(C)n1cc(-c2cnc3c(Cc4ccc(C(=O)CCCOCCC)c(CC)c4)nccn23)c(C(F)(F)F)n1. The van der Waals surface area contributed by atoms with Crippen molar-refractivity contribution < 1.29 is 22.7 Å². The summed E-state index contributed by atoms with van der Waals surface area (Å²) >= 11 is 0. The summed E-state index contributed by atoms with van der Waals surface area (Å²) in [5, 5.41) is 3.87. The molecule has 1 aromatic carbocycles. The second kappa shape index (κ2) is 12.8. The number of nitrogens with zero attached hydrogens (tertiary/aromatic N) is 5. The highest BCUT2D eigenvalue weighted by Gasteiger charge is 2.39. The molecule has 0 amide bonds. The van der Waals surface area contributed by atoms with E-state index in [0.29, 0.717) is 61.4 Å². The average molecular weight is 568 g/mol. The van der Waals surface area contributed by atoms with Crippen LogP contribution in [0.3, 0.4) is 0 Å². The third-order valence-corrected chi connectivity index (χ3v) is 7.15. The molecule has 3 aromatic heterocycles. The molecule has 0 aliphatic carbocycles. The van der Waals surface area contributed by atoms with E-state index in [0.717, 1.165) is 17.5 Å². The van der Waals surface area contributed by atoms with Crippen molar-refractivity contribution >= 4 is 11.4 Å². The Morgan fingerprint density at radius 2 is 1.95 bits per heavy atom. The van der Waals surface area contributed by atoms with E-state index in [4.69, 9.17) is 4.74 Å². The molecule has 10 heteroatoms. The molecule has 0 bridgehead atoms. The van der Waals surface area contributed by atoms with Crippen molar-refractivity contribution in [3.63, 3.8) is 0 Å². The predicted molar refractivity (Wildman–Crippen MR) is 152 cm³/mol. The molecule has 0 saturated carbocycles. The summed E-state index contributed by atoms with van der Waals surface area (Å²) in [5.74, 6) is 0.0913. The van der Waals surface area contributed by atoms with Gasteiger partial charge in [0, 0.05) is 50.2 Å².